The fourth-order valence-electron chi connectivity index (χ4n) is 1.85. The van der Waals surface area contributed by atoms with Crippen molar-refractivity contribution in [2.45, 2.75) is 25.0 Å². The Morgan fingerprint density at radius 3 is 2.69 bits per heavy atom. The highest BCUT2D eigenvalue weighted by molar-refractivity contribution is 6.30. The lowest BCUT2D eigenvalue weighted by atomic mass is 10.1. The van der Waals surface area contributed by atoms with Crippen molar-refractivity contribution in [1.29, 1.82) is 0 Å². The van der Waals surface area contributed by atoms with Crippen LogP contribution in [0.5, 0.6) is 0 Å². The Bertz CT molecular complexity index is 380. The fourth-order valence-corrected chi connectivity index (χ4v) is 1.97. The molecule has 3 N–H and O–H groups in total. The van der Waals surface area contributed by atoms with Gasteiger partial charge in [0.15, 0.2) is 0 Å². The van der Waals surface area contributed by atoms with Crippen molar-refractivity contribution in [2.24, 2.45) is 5.84 Å². The first-order valence-corrected chi connectivity index (χ1v) is 5.50. The summed E-state index contributed by atoms with van der Waals surface area (Å²) in [7, 11) is 0. The van der Waals surface area contributed by atoms with Gasteiger partial charge in [-0.1, -0.05) is 23.7 Å². The Morgan fingerprint density at radius 1 is 1.38 bits per heavy atom. The monoisotopic (exact) mass is 240 g/mol. The predicted molar refractivity (Wildman–Crippen MR) is 60.6 cm³/mol. The van der Waals surface area contributed by atoms with Crippen LogP contribution < -0.4 is 11.3 Å². The normalized spacial score (nSPS) is 24.4. The van der Waals surface area contributed by atoms with Gasteiger partial charge in [0.1, 0.15) is 6.10 Å². The smallest absolute Gasteiger partial charge is 0.263 e. The van der Waals surface area contributed by atoms with E-state index in [1.54, 1.807) is 0 Å². The standard InChI is InChI=1S/C11H13ClN2O2/c12-8-3-1-7(2-4-8)9-5-6-10(16-9)11(15)14-13/h1-4,9-10H,5-6,13H2,(H,14,15)/t9-,10+/m1/s1. The van der Waals surface area contributed by atoms with E-state index in [2.05, 4.69) is 5.43 Å². The Labute approximate surface area is 98.7 Å². The summed E-state index contributed by atoms with van der Waals surface area (Å²) in [6, 6.07) is 7.46. The minimum atomic E-state index is -0.439. The number of hydrazine groups is 1. The molecule has 16 heavy (non-hydrogen) atoms. The summed E-state index contributed by atoms with van der Waals surface area (Å²) in [6.07, 6.45) is 1.03. The zero-order valence-corrected chi connectivity index (χ0v) is 9.41. The van der Waals surface area contributed by atoms with E-state index in [0.717, 1.165) is 12.0 Å². The third-order valence-electron chi connectivity index (χ3n) is 2.70. The van der Waals surface area contributed by atoms with Crippen molar-refractivity contribution < 1.29 is 9.53 Å². The van der Waals surface area contributed by atoms with Gasteiger partial charge < -0.3 is 4.74 Å². The molecular weight excluding hydrogens is 228 g/mol. The van der Waals surface area contributed by atoms with Gasteiger partial charge in [-0.2, -0.15) is 0 Å². The van der Waals surface area contributed by atoms with Crippen LogP contribution in [0.3, 0.4) is 0 Å². The molecule has 5 heteroatoms. The van der Waals surface area contributed by atoms with Gasteiger partial charge in [0.2, 0.25) is 0 Å². The molecule has 2 rings (SSSR count). The molecule has 1 aromatic rings. The summed E-state index contributed by atoms with van der Waals surface area (Å²) in [6.45, 7) is 0. The maximum absolute atomic E-state index is 11.3. The molecule has 0 spiro atoms. The van der Waals surface area contributed by atoms with Gasteiger partial charge in [-0.3, -0.25) is 10.2 Å². The van der Waals surface area contributed by atoms with Crippen molar-refractivity contribution >= 4 is 17.5 Å². The van der Waals surface area contributed by atoms with Gasteiger partial charge in [0.05, 0.1) is 6.10 Å². The van der Waals surface area contributed by atoms with E-state index < -0.39 is 6.10 Å². The molecule has 1 aliphatic heterocycles. The topological polar surface area (TPSA) is 64.3 Å². The zero-order valence-electron chi connectivity index (χ0n) is 8.65. The van der Waals surface area contributed by atoms with Crippen LogP contribution in [-0.2, 0) is 9.53 Å². The van der Waals surface area contributed by atoms with Crippen LogP contribution in [0.4, 0.5) is 0 Å². The van der Waals surface area contributed by atoms with Gasteiger partial charge in [0, 0.05) is 5.02 Å². The number of ether oxygens (including phenoxy) is 1. The summed E-state index contributed by atoms with van der Waals surface area (Å²) < 4.78 is 5.60. The van der Waals surface area contributed by atoms with Gasteiger partial charge in [-0.15, -0.1) is 0 Å². The Morgan fingerprint density at radius 2 is 2.06 bits per heavy atom. The molecular formula is C11H13ClN2O2. The molecule has 0 radical (unpaired) electrons. The van der Waals surface area contributed by atoms with Gasteiger partial charge >= 0.3 is 0 Å². The van der Waals surface area contributed by atoms with E-state index in [1.165, 1.54) is 0 Å². The van der Waals surface area contributed by atoms with Crippen LogP contribution in [0, 0.1) is 0 Å². The van der Waals surface area contributed by atoms with Crippen LogP contribution in [-0.4, -0.2) is 12.0 Å². The number of rotatable bonds is 2. The molecule has 0 bridgehead atoms. The lowest BCUT2D eigenvalue weighted by molar-refractivity contribution is -0.132. The Balaban J connectivity index is 2.03. The van der Waals surface area contributed by atoms with Gasteiger partial charge in [-0.25, -0.2) is 5.84 Å². The molecule has 4 nitrogen and oxygen atoms in total. The molecule has 0 unspecified atom stereocenters. The fraction of sp³-hybridized carbons (Fsp3) is 0.364. The number of nitrogens with one attached hydrogen (secondary N) is 1. The lowest BCUT2D eigenvalue weighted by Gasteiger charge is -2.12. The minimum Gasteiger partial charge on any atom is -0.360 e. The number of amides is 1. The van der Waals surface area contributed by atoms with Crippen molar-refractivity contribution in [3.05, 3.63) is 34.9 Å². The van der Waals surface area contributed by atoms with E-state index in [1.807, 2.05) is 24.3 Å². The minimum absolute atomic E-state index is 0.0421. The van der Waals surface area contributed by atoms with Crippen LogP contribution in [0.2, 0.25) is 5.02 Å². The molecule has 2 atom stereocenters. The molecule has 86 valence electrons. The summed E-state index contributed by atoms with van der Waals surface area (Å²) in [5, 5.41) is 0.693. The SMILES string of the molecule is NNC(=O)[C@@H]1CC[C@H](c2ccc(Cl)cc2)O1. The largest absolute Gasteiger partial charge is 0.360 e. The number of nitrogens with two attached hydrogens (primary N) is 1. The van der Waals surface area contributed by atoms with E-state index >= 15 is 0 Å². The summed E-state index contributed by atoms with van der Waals surface area (Å²) in [5.41, 5.74) is 3.14. The van der Waals surface area contributed by atoms with Crippen molar-refractivity contribution in [3.63, 3.8) is 0 Å². The first-order chi connectivity index (χ1) is 7.70. The third kappa shape index (κ3) is 2.35. The molecule has 1 saturated heterocycles. The second-order valence-electron chi connectivity index (χ2n) is 3.75. The molecule has 0 aliphatic carbocycles. The number of hydrogen-bond donors (Lipinski definition) is 2. The molecule has 0 saturated carbocycles. The molecule has 1 fully saturated rings. The van der Waals surface area contributed by atoms with E-state index in [4.69, 9.17) is 22.2 Å². The Kier molecular flexibility index (Phi) is 3.43. The number of carbonyl (C=O) groups excluding carboxylic acids is 1. The summed E-state index contributed by atoms with van der Waals surface area (Å²) in [4.78, 5) is 11.3. The van der Waals surface area contributed by atoms with Crippen LogP contribution >= 0.6 is 11.6 Å². The predicted octanol–water partition coefficient (Wildman–Crippen LogP) is 1.55. The van der Waals surface area contributed by atoms with Crippen molar-refractivity contribution in [1.82, 2.24) is 5.43 Å². The van der Waals surface area contributed by atoms with Crippen molar-refractivity contribution in [2.75, 3.05) is 0 Å². The zero-order chi connectivity index (χ0) is 11.5. The summed E-state index contributed by atoms with van der Waals surface area (Å²) >= 11 is 5.80. The molecule has 1 amide bonds. The highest BCUT2D eigenvalue weighted by atomic mass is 35.5. The molecule has 0 aromatic heterocycles. The highest BCUT2D eigenvalue weighted by Gasteiger charge is 2.30. The molecule has 1 heterocycles. The van der Waals surface area contributed by atoms with E-state index in [9.17, 15) is 4.79 Å². The van der Waals surface area contributed by atoms with E-state index in [-0.39, 0.29) is 12.0 Å². The van der Waals surface area contributed by atoms with Gasteiger partial charge in [-0.05, 0) is 30.5 Å². The summed E-state index contributed by atoms with van der Waals surface area (Å²) in [5.74, 6) is 4.79. The van der Waals surface area contributed by atoms with Crippen LogP contribution in [0.25, 0.3) is 0 Å². The number of halogens is 1. The van der Waals surface area contributed by atoms with Crippen LogP contribution in [0.15, 0.2) is 24.3 Å². The average molecular weight is 241 g/mol. The van der Waals surface area contributed by atoms with Crippen molar-refractivity contribution in [3.8, 4) is 0 Å². The average Bonchev–Trinajstić information content (AvgIpc) is 2.78. The molecule has 1 aromatic carbocycles. The number of hydrogen-bond acceptors (Lipinski definition) is 3. The van der Waals surface area contributed by atoms with Gasteiger partial charge in [0.25, 0.3) is 5.91 Å². The first kappa shape index (κ1) is 11.4. The quantitative estimate of drug-likeness (QED) is 0.468. The first-order valence-electron chi connectivity index (χ1n) is 5.12. The lowest BCUT2D eigenvalue weighted by Crippen LogP contribution is -2.38. The maximum Gasteiger partial charge on any atom is 0.263 e. The third-order valence-corrected chi connectivity index (χ3v) is 2.95. The second-order valence-corrected chi connectivity index (χ2v) is 4.19. The highest BCUT2D eigenvalue weighted by Crippen LogP contribution is 2.33. The molecule has 1 aliphatic rings. The number of carbonyl (C=O) groups is 1. The second kappa shape index (κ2) is 4.82. The Hall–Kier alpha value is -1.10. The van der Waals surface area contributed by atoms with Crippen LogP contribution in [0.1, 0.15) is 24.5 Å². The number of benzene rings is 1. The van der Waals surface area contributed by atoms with E-state index in [0.29, 0.717) is 11.4 Å². The maximum atomic E-state index is 11.3.